The van der Waals surface area contributed by atoms with Crippen molar-refractivity contribution < 1.29 is 18.8 Å². The van der Waals surface area contributed by atoms with Gasteiger partial charge in [-0.25, -0.2) is 0 Å². The second-order valence-electron chi connectivity index (χ2n) is 5.27. The van der Waals surface area contributed by atoms with E-state index >= 15 is 0 Å². The van der Waals surface area contributed by atoms with Gasteiger partial charge in [-0.15, -0.1) is 0 Å². The first-order valence-electron chi connectivity index (χ1n) is 6.85. The Morgan fingerprint density at radius 2 is 1.65 bits per heavy atom. The zero-order valence-electron chi connectivity index (χ0n) is 12.2. The van der Waals surface area contributed by atoms with Gasteiger partial charge in [-0.3, -0.25) is 4.79 Å². The molecule has 0 N–H and O–H groups in total. The van der Waals surface area contributed by atoms with Crippen LogP contribution < -0.4 is 9.47 Å². The van der Waals surface area contributed by atoms with Gasteiger partial charge in [0.1, 0.15) is 17.1 Å². The summed E-state index contributed by atoms with van der Waals surface area (Å²) in [5.41, 5.74) is -0.00134. The smallest absolute Gasteiger partial charge is 0.228 e. The molecule has 1 unspecified atom stereocenters. The molecule has 0 aliphatic heterocycles. The molecule has 4 nitrogen and oxygen atoms in total. The van der Waals surface area contributed by atoms with Crippen LogP contribution in [0, 0.1) is 0 Å². The van der Waals surface area contributed by atoms with Crippen molar-refractivity contribution in [1.82, 2.24) is 0 Å². The van der Waals surface area contributed by atoms with E-state index in [-0.39, 0.29) is 11.2 Å². The second-order valence-corrected chi connectivity index (χ2v) is 8.39. The largest absolute Gasteiger partial charge is 0.496 e. The SMILES string of the molecule is COc1cccc(OC)c1C(=O)P(C)(=O)C1CCCC1. The average Bonchev–Trinajstić information content (AvgIpc) is 3.00. The maximum absolute atomic E-state index is 13.0. The molecule has 1 saturated carbocycles. The molecule has 1 aromatic rings. The van der Waals surface area contributed by atoms with E-state index in [0.29, 0.717) is 17.1 Å². The van der Waals surface area contributed by atoms with Crippen LogP contribution in [0.5, 0.6) is 11.5 Å². The number of methoxy groups -OCH3 is 2. The van der Waals surface area contributed by atoms with Gasteiger partial charge < -0.3 is 14.0 Å². The van der Waals surface area contributed by atoms with Crippen molar-refractivity contribution in [3.63, 3.8) is 0 Å². The summed E-state index contributed by atoms with van der Waals surface area (Å²) in [6, 6.07) is 5.15. The summed E-state index contributed by atoms with van der Waals surface area (Å²) < 4.78 is 23.5. The molecule has 0 radical (unpaired) electrons. The lowest BCUT2D eigenvalue weighted by Gasteiger charge is -2.21. The fraction of sp³-hybridized carbons (Fsp3) is 0.533. The van der Waals surface area contributed by atoms with Crippen molar-refractivity contribution in [1.29, 1.82) is 0 Å². The van der Waals surface area contributed by atoms with Crippen LogP contribution in [0.25, 0.3) is 0 Å². The fourth-order valence-corrected chi connectivity index (χ4v) is 5.19. The Labute approximate surface area is 119 Å². The molecule has 110 valence electrons. The van der Waals surface area contributed by atoms with Gasteiger partial charge >= 0.3 is 0 Å². The van der Waals surface area contributed by atoms with Gasteiger partial charge in [-0.1, -0.05) is 18.9 Å². The van der Waals surface area contributed by atoms with Gasteiger partial charge in [0.05, 0.1) is 14.2 Å². The van der Waals surface area contributed by atoms with E-state index in [0.717, 1.165) is 25.7 Å². The summed E-state index contributed by atoms with van der Waals surface area (Å²) in [5.74, 6) is 0.851. The number of hydrogen-bond acceptors (Lipinski definition) is 4. The summed E-state index contributed by atoms with van der Waals surface area (Å²) in [5, 5.41) is 0. The van der Waals surface area contributed by atoms with E-state index in [1.54, 1.807) is 24.9 Å². The zero-order valence-corrected chi connectivity index (χ0v) is 13.1. The van der Waals surface area contributed by atoms with E-state index in [1.165, 1.54) is 14.2 Å². The van der Waals surface area contributed by atoms with Crippen molar-refractivity contribution >= 4 is 12.7 Å². The van der Waals surface area contributed by atoms with E-state index in [9.17, 15) is 9.36 Å². The third-order valence-corrected chi connectivity index (χ3v) is 7.01. The predicted molar refractivity (Wildman–Crippen MR) is 79.7 cm³/mol. The molecule has 0 saturated heterocycles. The number of carbonyl (C=O) groups is 1. The minimum Gasteiger partial charge on any atom is -0.496 e. The average molecular weight is 296 g/mol. The summed E-state index contributed by atoms with van der Waals surface area (Å²) in [6.07, 6.45) is 3.85. The summed E-state index contributed by atoms with van der Waals surface area (Å²) >= 11 is 0. The molecular weight excluding hydrogens is 275 g/mol. The fourth-order valence-electron chi connectivity index (χ4n) is 2.85. The standard InChI is InChI=1S/C15H21O4P/c1-18-12-9-6-10-13(19-2)14(12)15(16)20(3,17)11-7-4-5-8-11/h6,9-11H,4-5,7-8H2,1-3H3. The molecule has 0 bridgehead atoms. The molecule has 0 heterocycles. The van der Waals surface area contributed by atoms with Crippen LogP contribution in [0.1, 0.15) is 36.0 Å². The van der Waals surface area contributed by atoms with Crippen LogP contribution >= 0.6 is 7.14 Å². The summed E-state index contributed by atoms with van der Waals surface area (Å²) in [7, 11) is 0.0711. The van der Waals surface area contributed by atoms with Crippen molar-refractivity contribution in [2.24, 2.45) is 0 Å². The van der Waals surface area contributed by atoms with Crippen molar-refractivity contribution in [2.75, 3.05) is 20.9 Å². The summed E-state index contributed by atoms with van der Waals surface area (Å²) in [4.78, 5) is 12.8. The van der Waals surface area contributed by atoms with E-state index in [4.69, 9.17) is 9.47 Å². The second kappa shape index (κ2) is 6.01. The number of rotatable bonds is 5. The highest BCUT2D eigenvalue weighted by Gasteiger charge is 2.40. The molecule has 2 rings (SSSR count). The minimum atomic E-state index is -2.93. The number of carbonyl (C=O) groups excluding carboxylic acids is 1. The lowest BCUT2D eigenvalue weighted by molar-refractivity contribution is 0.106. The van der Waals surface area contributed by atoms with Crippen LogP contribution in [0.2, 0.25) is 0 Å². The molecule has 1 atom stereocenters. The number of hydrogen-bond donors (Lipinski definition) is 0. The molecule has 0 aromatic heterocycles. The third kappa shape index (κ3) is 2.62. The lowest BCUT2D eigenvalue weighted by Crippen LogP contribution is -2.13. The topological polar surface area (TPSA) is 52.6 Å². The van der Waals surface area contributed by atoms with Gasteiger partial charge in [0.2, 0.25) is 5.52 Å². The van der Waals surface area contributed by atoms with Crippen LogP contribution in [-0.4, -0.2) is 32.1 Å². The highest BCUT2D eigenvalue weighted by Crippen LogP contribution is 2.57. The Hall–Kier alpha value is -1.28. The highest BCUT2D eigenvalue weighted by molar-refractivity contribution is 7.81. The Kier molecular flexibility index (Phi) is 4.54. The van der Waals surface area contributed by atoms with Gasteiger partial charge in [0.15, 0.2) is 7.14 Å². The molecular formula is C15H21O4P. The highest BCUT2D eigenvalue weighted by atomic mass is 31.2. The summed E-state index contributed by atoms with van der Waals surface area (Å²) in [6.45, 7) is 1.61. The first-order valence-corrected chi connectivity index (χ1v) is 9.07. The Balaban J connectivity index is 2.44. The molecule has 0 spiro atoms. The maximum atomic E-state index is 13.0. The van der Waals surface area contributed by atoms with Crippen molar-refractivity contribution in [2.45, 2.75) is 31.3 Å². The van der Waals surface area contributed by atoms with Gasteiger partial charge in [0, 0.05) is 5.66 Å². The minimum absolute atomic E-state index is 0.00428. The lowest BCUT2D eigenvalue weighted by atomic mass is 10.2. The molecule has 1 aliphatic rings. The van der Waals surface area contributed by atoms with E-state index in [1.807, 2.05) is 0 Å². The predicted octanol–water partition coefficient (Wildman–Crippen LogP) is 3.78. The Bertz CT molecular complexity index is 525. The van der Waals surface area contributed by atoms with Crippen molar-refractivity contribution in [3.05, 3.63) is 23.8 Å². The monoisotopic (exact) mass is 296 g/mol. The molecule has 1 aromatic carbocycles. The van der Waals surface area contributed by atoms with Crippen LogP contribution in [0.4, 0.5) is 0 Å². The molecule has 1 aliphatic carbocycles. The van der Waals surface area contributed by atoms with Crippen LogP contribution in [-0.2, 0) is 4.57 Å². The Morgan fingerprint density at radius 3 is 2.10 bits per heavy atom. The third-order valence-electron chi connectivity index (χ3n) is 4.07. The van der Waals surface area contributed by atoms with E-state index < -0.39 is 7.14 Å². The molecule has 1 fully saturated rings. The van der Waals surface area contributed by atoms with Gasteiger partial charge in [-0.05, 0) is 31.6 Å². The van der Waals surface area contributed by atoms with Crippen LogP contribution in [0.3, 0.4) is 0 Å². The molecule has 0 amide bonds. The molecule has 20 heavy (non-hydrogen) atoms. The first-order chi connectivity index (χ1) is 9.52. The molecule has 5 heteroatoms. The first kappa shape index (κ1) is 15.1. The normalized spacial score (nSPS) is 18.6. The van der Waals surface area contributed by atoms with Crippen molar-refractivity contribution in [3.8, 4) is 11.5 Å². The zero-order chi connectivity index (χ0) is 14.8. The van der Waals surface area contributed by atoms with Crippen LogP contribution in [0.15, 0.2) is 18.2 Å². The van der Waals surface area contributed by atoms with Gasteiger partial charge in [0.25, 0.3) is 0 Å². The van der Waals surface area contributed by atoms with E-state index in [2.05, 4.69) is 0 Å². The quantitative estimate of drug-likeness (QED) is 0.776. The number of benzene rings is 1. The Morgan fingerprint density at radius 1 is 1.15 bits per heavy atom. The van der Waals surface area contributed by atoms with Gasteiger partial charge in [-0.2, -0.15) is 0 Å². The maximum Gasteiger partial charge on any atom is 0.228 e. The number of ether oxygens (including phenoxy) is 2.